The standard InChI is InChI=1S/C19H25N3O3/c1-13-17(14(2)25-22-13)12-24-16-8-6-15(7-9-16)11-21-18-5-3-4-10-20-19(18)23/h6-9,18,21H,3-5,10-12H2,1-2H3,(H,20,23). The summed E-state index contributed by atoms with van der Waals surface area (Å²) in [5.74, 6) is 1.70. The Kier molecular flexibility index (Phi) is 5.71. The summed E-state index contributed by atoms with van der Waals surface area (Å²) in [5, 5.41) is 10.2. The third-order valence-corrected chi connectivity index (χ3v) is 4.58. The Morgan fingerprint density at radius 3 is 2.80 bits per heavy atom. The van der Waals surface area contributed by atoms with Gasteiger partial charge in [0.2, 0.25) is 5.91 Å². The van der Waals surface area contributed by atoms with E-state index in [0.29, 0.717) is 13.2 Å². The normalized spacial score (nSPS) is 17.8. The topological polar surface area (TPSA) is 76.4 Å². The third kappa shape index (κ3) is 4.60. The Morgan fingerprint density at radius 1 is 1.28 bits per heavy atom. The molecule has 0 spiro atoms. The Morgan fingerprint density at radius 2 is 2.08 bits per heavy atom. The second-order valence-electron chi connectivity index (χ2n) is 6.46. The summed E-state index contributed by atoms with van der Waals surface area (Å²) in [5.41, 5.74) is 2.98. The van der Waals surface area contributed by atoms with E-state index in [2.05, 4.69) is 15.8 Å². The first kappa shape index (κ1) is 17.5. The second-order valence-corrected chi connectivity index (χ2v) is 6.46. The first-order chi connectivity index (χ1) is 12.1. The predicted molar refractivity (Wildman–Crippen MR) is 94.2 cm³/mol. The summed E-state index contributed by atoms with van der Waals surface area (Å²) in [7, 11) is 0. The van der Waals surface area contributed by atoms with E-state index in [9.17, 15) is 4.79 Å². The summed E-state index contributed by atoms with van der Waals surface area (Å²) < 4.78 is 10.9. The van der Waals surface area contributed by atoms with Crippen molar-refractivity contribution in [1.29, 1.82) is 0 Å². The van der Waals surface area contributed by atoms with E-state index in [1.165, 1.54) is 0 Å². The van der Waals surface area contributed by atoms with Gasteiger partial charge >= 0.3 is 0 Å². The van der Waals surface area contributed by atoms with Crippen LogP contribution in [0.5, 0.6) is 5.75 Å². The molecule has 0 bridgehead atoms. The number of amides is 1. The zero-order valence-electron chi connectivity index (χ0n) is 14.8. The minimum Gasteiger partial charge on any atom is -0.489 e. The van der Waals surface area contributed by atoms with E-state index < -0.39 is 0 Å². The van der Waals surface area contributed by atoms with Crippen LogP contribution in [0, 0.1) is 13.8 Å². The number of carbonyl (C=O) groups excluding carboxylic acids is 1. The molecule has 0 aliphatic carbocycles. The van der Waals surface area contributed by atoms with E-state index in [-0.39, 0.29) is 11.9 Å². The lowest BCUT2D eigenvalue weighted by Crippen LogP contribution is -2.42. The van der Waals surface area contributed by atoms with Crippen LogP contribution in [0.15, 0.2) is 28.8 Å². The van der Waals surface area contributed by atoms with E-state index in [4.69, 9.17) is 9.26 Å². The first-order valence-corrected chi connectivity index (χ1v) is 8.78. The van der Waals surface area contributed by atoms with Crippen LogP contribution in [-0.2, 0) is 17.9 Å². The molecular weight excluding hydrogens is 318 g/mol. The lowest BCUT2D eigenvalue weighted by atomic mass is 10.1. The summed E-state index contributed by atoms with van der Waals surface area (Å²) in [6, 6.07) is 7.83. The van der Waals surface area contributed by atoms with Crippen molar-refractivity contribution >= 4 is 5.91 Å². The molecule has 1 aromatic heterocycles. The number of carbonyl (C=O) groups is 1. The fraction of sp³-hybridized carbons (Fsp3) is 0.474. The maximum absolute atomic E-state index is 11.9. The molecule has 1 aromatic carbocycles. The van der Waals surface area contributed by atoms with Gasteiger partial charge in [-0.15, -0.1) is 0 Å². The molecular formula is C19H25N3O3. The number of nitrogens with zero attached hydrogens (tertiary/aromatic N) is 1. The van der Waals surface area contributed by atoms with Crippen LogP contribution in [0.4, 0.5) is 0 Å². The van der Waals surface area contributed by atoms with Gasteiger partial charge in [0.05, 0.1) is 17.3 Å². The van der Waals surface area contributed by atoms with Crippen molar-refractivity contribution in [2.24, 2.45) is 0 Å². The predicted octanol–water partition coefficient (Wildman–Crippen LogP) is 2.63. The number of aromatic nitrogens is 1. The van der Waals surface area contributed by atoms with Gasteiger partial charge in [-0.2, -0.15) is 0 Å². The maximum Gasteiger partial charge on any atom is 0.237 e. The van der Waals surface area contributed by atoms with E-state index in [1.54, 1.807) is 0 Å². The average molecular weight is 343 g/mol. The summed E-state index contributed by atoms with van der Waals surface area (Å²) in [4.78, 5) is 11.9. The van der Waals surface area contributed by atoms with E-state index in [1.807, 2.05) is 38.1 Å². The molecule has 1 saturated heterocycles. The number of nitrogens with one attached hydrogen (secondary N) is 2. The van der Waals surface area contributed by atoms with Crippen LogP contribution >= 0.6 is 0 Å². The molecule has 1 unspecified atom stereocenters. The van der Waals surface area contributed by atoms with Crippen LogP contribution in [0.3, 0.4) is 0 Å². The van der Waals surface area contributed by atoms with Gasteiger partial charge in [-0.25, -0.2) is 0 Å². The zero-order valence-corrected chi connectivity index (χ0v) is 14.8. The zero-order chi connectivity index (χ0) is 17.6. The summed E-state index contributed by atoms with van der Waals surface area (Å²) in [6.45, 7) is 5.70. The molecule has 3 rings (SSSR count). The Hall–Kier alpha value is -2.34. The smallest absolute Gasteiger partial charge is 0.237 e. The van der Waals surface area contributed by atoms with Crippen molar-refractivity contribution in [2.45, 2.75) is 52.3 Å². The summed E-state index contributed by atoms with van der Waals surface area (Å²) >= 11 is 0. The van der Waals surface area contributed by atoms with E-state index in [0.717, 1.165) is 54.1 Å². The highest BCUT2D eigenvalue weighted by Gasteiger charge is 2.19. The van der Waals surface area contributed by atoms with Gasteiger partial charge in [-0.05, 0) is 50.8 Å². The Labute approximate surface area is 147 Å². The molecule has 1 amide bonds. The number of hydrogen-bond donors (Lipinski definition) is 2. The highest BCUT2D eigenvalue weighted by Crippen LogP contribution is 2.18. The van der Waals surface area contributed by atoms with Gasteiger partial charge in [0.1, 0.15) is 18.1 Å². The highest BCUT2D eigenvalue weighted by molar-refractivity contribution is 5.81. The second kappa shape index (κ2) is 8.16. The van der Waals surface area contributed by atoms with Crippen molar-refractivity contribution in [2.75, 3.05) is 6.54 Å². The molecule has 2 heterocycles. The Balaban J connectivity index is 1.51. The molecule has 1 atom stereocenters. The molecule has 25 heavy (non-hydrogen) atoms. The minimum absolute atomic E-state index is 0.0991. The summed E-state index contributed by atoms with van der Waals surface area (Å²) in [6.07, 6.45) is 3.02. The number of aryl methyl sites for hydroxylation is 2. The lowest BCUT2D eigenvalue weighted by molar-refractivity contribution is -0.122. The van der Waals surface area contributed by atoms with Gasteiger partial charge in [0, 0.05) is 13.1 Å². The number of ether oxygens (including phenoxy) is 1. The number of rotatable bonds is 6. The van der Waals surface area contributed by atoms with Crippen LogP contribution in [0.25, 0.3) is 0 Å². The number of benzene rings is 1. The molecule has 1 aliphatic rings. The Bertz CT molecular complexity index is 690. The molecule has 6 nitrogen and oxygen atoms in total. The lowest BCUT2D eigenvalue weighted by Gasteiger charge is -2.15. The van der Waals surface area contributed by atoms with Gasteiger partial charge in [0.25, 0.3) is 0 Å². The maximum atomic E-state index is 11.9. The van der Waals surface area contributed by atoms with E-state index >= 15 is 0 Å². The molecule has 1 fully saturated rings. The van der Waals surface area contributed by atoms with Gasteiger partial charge in [-0.1, -0.05) is 17.3 Å². The molecule has 6 heteroatoms. The molecule has 2 aromatic rings. The molecule has 2 N–H and O–H groups in total. The van der Waals surface area contributed by atoms with Gasteiger partial charge < -0.3 is 19.9 Å². The van der Waals surface area contributed by atoms with Crippen molar-refractivity contribution in [1.82, 2.24) is 15.8 Å². The molecule has 1 aliphatic heterocycles. The SMILES string of the molecule is Cc1noc(C)c1COc1ccc(CNC2CCCCNC2=O)cc1. The van der Waals surface area contributed by atoms with Crippen molar-refractivity contribution in [3.63, 3.8) is 0 Å². The van der Waals surface area contributed by atoms with Crippen LogP contribution in [-0.4, -0.2) is 23.7 Å². The first-order valence-electron chi connectivity index (χ1n) is 8.78. The average Bonchev–Trinajstić information content (AvgIpc) is 2.80. The van der Waals surface area contributed by atoms with Crippen molar-refractivity contribution in [3.05, 3.63) is 46.8 Å². The fourth-order valence-corrected chi connectivity index (χ4v) is 2.94. The van der Waals surface area contributed by atoms with Crippen molar-refractivity contribution < 1.29 is 14.1 Å². The van der Waals surface area contributed by atoms with Gasteiger partial charge in [0.15, 0.2) is 0 Å². The highest BCUT2D eigenvalue weighted by atomic mass is 16.5. The molecule has 0 radical (unpaired) electrons. The quantitative estimate of drug-likeness (QED) is 0.843. The monoisotopic (exact) mass is 343 g/mol. The molecule has 134 valence electrons. The number of hydrogen-bond acceptors (Lipinski definition) is 5. The fourth-order valence-electron chi connectivity index (χ4n) is 2.94. The van der Waals surface area contributed by atoms with Crippen molar-refractivity contribution in [3.8, 4) is 5.75 Å². The third-order valence-electron chi connectivity index (χ3n) is 4.58. The van der Waals surface area contributed by atoms with Crippen LogP contribution in [0.1, 0.15) is 41.8 Å². The molecule has 0 saturated carbocycles. The minimum atomic E-state index is -0.0991. The largest absolute Gasteiger partial charge is 0.489 e. The van der Waals surface area contributed by atoms with Crippen LogP contribution < -0.4 is 15.4 Å². The van der Waals surface area contributed by atoms with Crippen LogP contribution in [0.2, 0.25) is 0 Å². The van der Waals surface area contributed by atoms with Gasteiger partial charge in [-0.3, -0.25) is 4.79 Å².